The molecule has 0 aromatic carbocycles. The van der Waals surface area contributed by atoms with Crippen molar-refractivity contribution in [2.45, 2.75) is 64.8 Å². The molecule has 0 spiro atoms. The van der Waals surface area contributed by atoms with Gasteiger partial charge in [0.15, 0.2) is 0 Å². The Morgan fingerprint density at radius 1 is 1.41 bits per heavy atom. The fourth-order valence-electron chi connectivity index (χ4n) is 2.90. The molecule has 1 atom stereocenters. The smallest absolute Gasteiger partial charge is 0.323 e. The van der Waals surface area contributed by atoms with Crippen molar-refractivity contribution in [3.8, 4) is 0 Å². The van der Waals surface area contributed by atoms with Crippen molar-refractivity contribution in [2.24, 2.45) is 11.8 Å². The summed E-state index contributed by atoms with van der Waals surface area (Å²) in [5, 5.41) is 12.6. The summed E-state index contributed by atoms with van der Waals surface area (Å²) < 4.78 is 0. The van der Waals surface area contributed by atoms with Crippen molar-refractivity contribution in [3.63, 3.8) is 0 Å². The van der Waals surface area contributed by atoms with E-state index in [1.165, 1.54) is 25.7 Å². The van der Waals surface area contributed by atoms with Crippen LogP contribution in [0.1, 0.15) is 59.3 Å². The molecule has 0 bridgehead atoms. The molecule has 2 N–H and O–H groups in total. The van der Waals surface area contributed by atoms with Crippen molar-refractivity contribution in [2.75, 3.05) is 6.54 Å². The highest BCUT2D eigenvalue weighted by atomic mass is 16.4. The number of rotatable bonds is 7. The molecule has 0 aromatic heterocycles. The Hall–Kier alpha value is -0.570. The lowest BCUT2D eigenvalue weighted by Gasteiger charge is -2.28. The maximum absolute atomic E-state index is 11.3. The Kier molecular flexibility index (Phi) is 5.44. The van der Waals surface area contributed by atoms with E-state index in [4.69, 9.17) is 0 Å². The van der Waals surface area contributed by atoms with E-state index in [1.807, 2.05) is 6.92 Å². The lowest BCUT2D eigenvalue weighted by Crippen LogP contribution is -2.50. The fourth-order valence-corrected chi connectivity index (χ4v) is 2.90. The van der Waals surface area contributed by atoms with Gasteiger partial charge in [-0.15, -0.1) is 0 Å². The van der Waals surface area contributed by atoms with E-state index in [2.05, 4.69) is 19.2 Å². The van der Waals surface area contributed by atoms with Crippen molar-refractivity contribution < 1.29 is 9.90 Å². The van der Waals surface area contributed by atoms with Crippen molar-refractivity contribution >= 4 is 5.97 Å². The summed E-state index contributed by atoms with van der Waals surface area (Å²) in [4.78, 5) is 11.3. The van der Waals surface area contributed by atoms with Crippen LogP contribution >= 0.6 is 0 Å². The summed E-state index contributed by atoms with van der Waals surface area (Å²) in [5.74, 6) is 0.493. The number of carboxylic acids is 1. The fraction of sp³-hybridized carbons (Fsp3) is 0.929. The Morgan fingerprint density at radius 3 is 2.47 bits per heavy atom. The lowest BCUT2D eigenvalue weighted by atomic mass is 9.90. The molecular weight excluding hydrogens is 214 g/mol. The largest absolute Gasteiger partial charge is 0.480 e. The van der Waals surface area contributed by atoms with Crippen LogP contribution in [0.5, 0.6) is 0 Å². The Morgan fingerprint density at radius 2 is 2.00 bits per heavy atom. The van der Waals surface area contributed by atoms with Crippen molar-refractivity contribution in [1.29, 1.82) is 0 Å². The molecule has 1 aliphatic rings. The molecule has 1 rings (SSSR count). The maximum Gasteiger partial charge on any atom is 0.323 e. The monoisotopic (exact) mass is 241 g/mol. The first-order valence-corrected chi connectivity index (χ1v) is 6.92. The average molecular weight is 241 g/mol. The van der Waals surface area contributed by atoms with Gasteiger partial charge in [-0.25, -0.2) is 0 Å². The van der Waals surface area contributed by atoms with Gasteiger partial charge in [0, 0.05) is 0 Å². The molecule has 3 nitrogen and oxygen atoms in total. The number of carboxylic acid groups (broad SMARTS) is 1. The number of hydrogen-bond acceptors (Lipinski definition) is 2. The normalized spacial score (nSPS) is 20.7. The Bertz CT molecular complexity index is 247. The van der Waals surface area contributed by atoms with Gasteiger partial charge in [-0.05, 0) is 38.1 Å². The van der Waals surface area contributed by atoms with E-state index in [0.29, 0.717) is 12.3 Å². The van der Waals surface area contributed by atoms with Gasteiger partial charge in [0.05, 0.1) is 0 Å². The first-order chi connectivity index (χ1) is 7.94. The van der Waals surface area contributed by atoms with E-state index < -0.39 is 11.5 Å². The topological polar surface area (TPSA) is 49.3 Å². The molecule has 0 radical (unpaired) electrons. The Balaban J connectivity index is 2.35. The summed E-state index contributed by atoms with van der Waals surface area (Å²) in [6.07, 6.45) is 7.18. The van der Waals surface area contributed by atoms with E-state index in [1.54, 1.807) is 0 Å². The van der Waals surface area contributed by atoms with Crippen LogP contribution in [0, 0.1) is 11.8 Å². The standard InChI is InChI=1S/C14H27NO2/c1-11(2)10-14(3,13(16)17)15-9-8-12-6-4-5-7-12/h11-12,15H,4-10H2,1-3H3,(H,16,17). The van der Waals surface area contributed by atoms with Crippen LogP contribution in [0.4, 0.5) is 0 Å². The van der Waals surface area contributed by atoms with Crippen molar-refractivity contribution in [3.05, 3.63) is 0 Å². The van der Waals surface area contributed by atoms with Crippen molar-refractivity contribution in [1.82, 2.24) is 5.32 Å². The third-order valence-electron chi connectivity index (χ3n) is 3.83. The Labute approximate surface area is 105 Å². The van der Waals surface area contributed by atoms with Gasteiger partial charge in [0.25, 0.3) is 0 Å². The summed E-state index contributed by atoms with van der Waals surface area (Å²) in [6, 6.07) is 0. The SMILES string of the molecule is CC(C)CC(C)(NCCC1CCCC1)C(=O)O. The zero-order valence-corrected chi connectivity index (χ0v) is 11.5. The zero-order chi connectivity index (χ0) is 12.9. The minimum atomic E-state index is -0.757. The molecule has 1 aliphatic carbocycles. The molecular formula is C14H27NO2. The van der Waals surface area contributed by atoms with Gasteiger partial charge in [-0.2, -0.15) is 0 Å². The highest BCUT2D eigenvalue weighted by Crippen LogP contribution is 2.27. The second-order valence-corrected chi connectivity index (χ2v) is 6.10. The van der Waals surface area contributed by atoms with E-state index in [0.717, 1.165) is 18.9 Å². The van der Waals surface area contributed by atoms with E-state index in [-0.39, 0.29) is 0 Å². The molecule has 0 aliphatic heterocycles. The molecule has 17 heavy (non-hydrogen) atoms. The minimum Gasteiger partial charge on any atom is -0.480 e. The minimum absolute atomic E-state index is 0.398. The predicted octanol–water partition coefficient (Wildman–Crippen LogP) is 3.05. The second-order valence-electron chi connectivity index (χ2n) is 6.10. The molecule has 0 saturated heterocycles. The van der Waals surface area contributed by atoms with E-state index in [9.17, 15) is 9.90 Å². The summed E-state index contributed by atoms with van der Waals surface area (Å²) in [5.41, 5.74) is -0.757. The number of carbonyl (C=O) groups is 1. The molecule has 1 saturated carbocycles. The van der Waals surface area contributed by atoms with Gasteiger partial charge in [-0.1, -0.05) is 39.5 Å². The third kappa shape index (κ3) is 4.66. The van der Waals surface area contributed by atoms with Crippen LogP contribution < -0.4 is 5.32 Å². The average Bonchev–Trinajstić information content (AvgIpc) is 2.69. The number of aliphatic carboxylic acids is 1. The number of hydrogen-bond donors (Lipinski definition) is 2. The van der Waals surface area contributed by atoms with Crippen LogP contribution in [0.3, 0.4) is 0 Å². The molecule has 1 unspecified atom stereocenters. The van der Waals surface area contributed by atoms with Crippen LogP contribution in [-0.2, 0) is 4.79 Å². The van der Waals surface area contributed by atoms with Crippen LogP contribution in [0.2, 0.25) is 0 Å². The quantitative estimate of drug-likeness (QED) is 0.720. The summed E-state index contributed by atoms with van der Waals surface area (Å²) >= 11 is 0. The van der Waals surface area contributed by atoms with Crippen LogP contribution in [0.25, 0.3) is 0 Å². The molecule has 0 amide bonds. The van der Waals surface area contributed by atoms with Gasteiger partial charge in [0.1, 0.15) is 5.54 Å². The predicted molar refractivity (Wildman–Crippen MR) is 70.1 cm³/mol. The first-order valence-electron chi connectivity index (χ1n) is 6.92. The van der Waals surface area contributed by atoms with E-state index >= 15 is 0 Å². The molecule has 1 fully saturated rings. The highest BCUT2D eigenvalue weighted by molar-refractivity contribution is 5.78. The zero-order valence-electron chi connectivity index (χ0n) is 11.5. The third-order valence-corrected chi connectivity index (χ3v) is 3.83. The lowest BCUT2D eigenvalue weighted by molar-refractivity contribution is -0.144. The molecule has 3 heteroatoms. The van der Waals surface area contributed by atoms with Gasteiger partial charge < -0.3 is 10.4 Å². The molecule has 0 aromatic rings. The van der Waals surface area contributed by atoms with Gasteiger partial charge in [-0.3, -0.25) is 4.79 Å². The van der Waals surface area contributed by atoms with Crippen LogP contribution in [0.15, 0.2) is 0 Å². The first kappa shape index (κ1) is 14.5. The summed E-state index contributed by atoms with van der Waals surface area (Å²) in [6.45, 7) is 6.78. The molecule has 100 valence electrons. The van der Waals surface area contributed by atoms with Crippen LogP contribution in [-0.4, -0.2) is 23.2 Å². The second kappa shape index (κ2) is 6.39. The molecule has 0 heterocycles. The summed E-state index contributed by atoms with van der Waals surface area (Å²) in [7, 11) is 0. The van der Waals surface area contributed by atoms with Gasteiger partial charge >= 0.3 is 5.97 Å². The maximum atomic E-state index is 11.3. The van der Waals surface area contributed by atoms with Gasteiger partial charge in [0.2, 0.25) is 0 Å². The highest BCUT2D eigenvalue weighted by Gasteiger charge is 2.33. The number of nitrogens with one attached hydrogen (secondary N) is 1.